The van der Waals surface area contributed by atoms with Gasteiger partial charge >= 0.3 is 6.09 Å². The number of unbranched alkanes of at least 4 members (excludes halogenated alkanes) is 1. The maximum atomic E-state index is 10.6. The monoisotopic (exact) mass is 205 g/mol. The molecule has 1 N–H and O–H groups in total. The van der Waals surface area contributed by atoms with Gasteiger partial charge in [0.25, 0.3) is 0 Å². The maximum absolute atomic E-state index is 10.6. The van der Waals surface area contributed by atoms with Crippen LogP contribution in [0.5, 0.6) is 0 Å². The molecule has 1 amide bonds. The van der Waals surface area contributed by atoms with E-state index in [-0.39, 0.29) is 6.09 Å². The van der Waals surface area contributed by atoms with Crippen LogP contribution in [0.4, 0.5) is 4.79 Å². The summed E-state index contributed by atoms with van der Waals surface area (Å²) in [6.07, 6.45) is 3.23. The van der Waals surface area contributed by atoms with E-state index in [0.29, 0.717) is 6.54 Å². The first kappa shape index (κ1) is 12.6. The molecule has 0 saturated heterocycles. The van der Waals surface area contributed by atoms with Gasteiger partial charge in [-0.15, -0.1) is 0 Å². The molecular formula is C9H19NO2S. The second-order valence-electron chi connectivity index (χ2n) is 2.74. The summed E-state index contributed by atoms with van der Waals surface area (Å²) in [4.78, 5) is 10.6. The van der Waals surface area contributed by atoms with E-state index in [2.05, 4.69) is 17.0 Å². The minimum atomic E-state index is -0.335. The zero-order valence-corrected chi connectivity index (χ0v) is 9.28. The predicted octanol–water partition coefficient (Wildman–Crippen LogP) is 2.27. The molecule has 3 nitrogen and oxygen atoms in total. The molecule has 0 aromatic rings. The highest BCUT2D eigenvalue weighted by Crippen LogP contribution is 2.05. The third-order valence-electron chi connectivity index (χ3n) is 1.56. The van der Waals surface area contributed by atoms with Crippen LogP contribution in [0.15, 0.2) is 0 Å². The van der Waals surface area contributed by atoms with Gasteiger partial charge < -0.3 is 10.1 Å². The molecule has 0 aromatic heterocycles. The number of nitrogens with one attached hydrogen (secondary N) is 1. The van der Waals surface area contributed by atoms with Crippen molar-refractivity contribution in [2.24, 2.45) is 0 Å². The van der Waals surface area contributed by atoms with Crippen molar-refractivity contribution in [1.82, 2.24) is 5.32 Å². The number of methoxy groups -OCH3 is 1. The van der Waals surface area contributed by atoms with Crippen molar-refractivity contribution in [3.05, 3.63) is 0 Å². The number of ether oxygens (including phenoxy) is 1. The van der Waals surface area contributed by atoms with Crippen molar-refractivity contribution in [3.8, 4) is 0 Å². The molecule has 0 bridgehead atoms. The van der Waals surface area contributed by atoms with E-state index in [0.717, 1.165) is 12.2 Å². The smallest absolute Gasteiger partial charge is 0.406 e. The average Bonchev–Trinajstić information content (AvgIpc) is 2.16. The number of alkyl carbamates (subject to hydrolysis) is 1. The summed E-state index contributed by atoms with van der Waals surface area (Å²) < 4.78 is 4.44. The van der Waals surface area contributed by atoms with E-state index in [1.807, 2.05) is 11.8 Å². The average molecular weight is 205 g/mol. The number of hydrogen-bond donors (Lipinski definition) is 1. The van der Waals surface area contributed by atoms with Gasteiger partial charge in [-0.1, -0.05) is 13.3 Å². The van der Waals surface area contributed by atoms with Crippen molar-refractivity contribution in [2.45, 2.75) is 26.2 Å². The number of carbonyl (C=O) groups is 1. The molecule has 0 heterocycles. The summed E-state index contributed by atoms with van der Waals surface area (Å²) in [5, 5.41) is 2.65. The number of rotatable bonds is 7. The lowest BCUT2D eigenvalue weighted by Gasteiger charge is -2.02. The molecule has 13 heavy (non-hydrogen) atoms. The second-order valence-corrected chi connectivity index (χ2v) is 3.96. The maximum Gasteiger partial charge on any atom is 0.406 e. The fourth-order valence-electron chi connectivity index (χ4n) is 0.785. The van der Waals surface area contributed by atoms with Crippen LogP contribution in [0.1, 0.15) is 26.2 Å². The molecule has 0 unspecified atom stereocenters. The highest BCUT2D eigenvalue weighted by molar-refractivity contribution is 7.99. The van der Waals surface area contributed by atoms with E-state index in [1.165, 1.54) is 25.7 Å². The highest BCUT2D eigenvalue weighted by Gasteiger charge is 1.95. The van der Waals surface area contributed by atoms with E-state index in [4.69, 9.17) is 0 Å². The molecule has 0 spiro atoms. The zero-order chi connectivity index (χ0) is 9.94. The molecule has 0 fully saturated rings. The second kappa shape index (κ2) is 9.71. The van der Waals surface area contributed by atoms with Crippen molar-refractivity contribution in [1.29, 1.82) is 0 Å². The standard InChI is InChI=1S/C9H19NO2S/c1-3-4-7-13-8-5-6-10-9(11)12-2/h3-8H2,1-2H3,(H,10,11). The largest absolute Gasteiger partial charge is 0.453 e. The van der Waals surface area contributed by atoms with Crippen molar-refractivity contribution < 1.29 is 9.53 Å². The Labute approximate surface area is 84.6 Å². The van der Waals surface area contributed by atoms with Crippen LogP contribution < -0.4 is 5.32 Å². The zero-order valence-electron chi connectivity index (χ0n) is 8.47. The van der Waals surface area contributed by atoms with Crippen LogP contribution in [0.2, 0.25) is 0 Å². The van der Waals surface area contributed by atoms with Crippen LogP contribution in [0.25, 0.3) is 0 Å². The summed E-state index contributed by atoms with van der Waals surface area (Å²) in [5.74, 6) is 2.35. The molecule has 0 aliphatic heterocycles. The van der Waals surface area contributed by atoms with Crippen LogP contribution in [-0.4, -0.2) is 31.3 Å². The molecular weight excluding hydrogens is 186 g/mol. The first-order valence-corrected chi connectivity index (χ1v) is 5.86. The first-order valence-electron chi connectivity index (χ1n) is 4.70. The number of amides is 1. The fourth-order valence-corrected chi connectivity index (χ4v) is 1.83. The van der Waals surface area contributed by atoms with Crippen molar-refractivity contribution in [2.75, 3.05) is 25.2 Å². The van der Waals surface area contributed by atoms with E-state index in [1.54, 1.807) is 0 Å². The van der Waals surface area contributed by atoms with Crippen LogP contribution in [0.3, 0.4) is 0 Å². The Morgan fingerprint density at radius 3 is 2.69 bits per heavy atom. The molecule has 78 valence electrons. The Morgan fingerprint density at radius 1 is 1.38 bits per heavy atom. The molecule has 4 heteroatoms. The Balaban J connectivity index is 2.95. The van der Waals surface area contributed by atoms with Gasteiger partial charge in [-0.05, 0) is 24.3 Å². The van der Waals surface area contributed by atoms with E-state index >= 15 is 0 Å². The summed E-state index contributed by atoms with van der Waals surface area (Å²) >= 11 is 1.94. The summed E-state index contributed by atoms with van der Waals surface area (Å²) in [7, 11) is 1.38. The van der Waals surface area contributed by atoms with Gasteiger partial charge in [0.1, 0.15) is 0 Å². The molecule has 0 atom stereocenters. The Bertz CT molecular complexity index is 131. The Kier molecular flexibility index (Phi) is 9.42. The topological polar surface area (TPSA) is 38.3 Å². The van der Waals surface area contributed by atoms with Gasteiger partial charge in [0, 0.05) is 6.54 Å². The van der Waals surface area contributed by atoms with Crippen molar-refractivity contribution >= 4 is 17.9 Å². The number of hydrogen-bond acceptors (Lipinski definition) is 3. The quantitative estimate of drug-likeness (QED) is 0.648. The Hall–Kier alpha value is -0.380. The molecule has 0 rings (SSSR count). The van der Waals surface area contributed by atoms with E-state index in [9.17, 15) is 4.79 Å². The summed E-state index contributed by atoms with van der Waals surface area (Å²) in [6, 6.07) is 0. The Morgan fingerprint density at radius 2 is 2.08 bits per heavy atom. The lowest BCUT2D eigenvalue weighted by molar-refractivity contribution is 0.171. The van der Waals surface area contributed by atoms with Crippen LogP contribution >= 0.6 is 11.8 Å². The normalized spacial score (nSPS) is 9.69. The lowest BCUT2D eigenvalue weighted by Crippen LogP contribution is -2.24. The minimum absolute atomic E-state index is 0.335. The molecule has 0 radical (unpaired) electrons. The molecule has 0 saturated carbocycles. The predicted molar refractivity (Wildman–Crippen MR) is 57.3 cm³/mol. The third kappa shape index (κ3) is 9.53. The molecule has 0 aliphatic rings. The van der Waals surface area contributed by atoms with Crippen molar-refractivity contribution in [3.63, 3.8) is 0 Å². The van der Waals surface area contributed by atoms with Gasteiger partial charge in [0.05, 0.1) is 7.11 Å². The summed E-state index contributed by atoms with van der Waals surface area (Å²) in [6.45, 7) is 2.91. The fraction of sp³-hybridized carbons (Fsp3) is 0.889. The number of thioether (sulfide) groups is 1. The lowest BCUT2D eigenvalue weighted by atomic mass is 10.4. The van der Waals surface area contributed by atoms with E-state index < -0.39 is 0 Å². The minimum Gasteiger partial charge on any atom is -0.453 e. The van der Waals surface area contributed by atoms with Gasteiger partial charge in [0.15, 0.2) is 0 Å². The molecule has 0 aromatic carbocycles. The van der Waals surface area contributed by atoms with Gasteiger partial charge in [-0.3, -0.25) is 0 Å². The van der Waals surface area contributed by atoms with Gasteiger partial charge in [-0.2, -0.15) is 11.8 Å². The molecule has 0 aliphatic carbocycles. The summed E-state index contributed by atoms with van der Waals surface area (Å²) in [5.41, 5.74) is 0. The van der Waals surface area contributed by atoms with Crippen LogP contribution in [-0.2, 0) is 4.74 Å². The number of carbonyl (C=O) groups excluding carboxylic acids is 1. The SMILES string of the molecule is CCCCSCCCNC(=O)OC. The highest BCUT2D eigenvalue weighted by atomic mass is 32.2. The van der Waals surface area contributed by atoms with Crippen LogP contribution in [0, 0.1) is 0 Å². The third-order valence-corrected chi connectivity index (χ3v) is 2.72. The first-order chi connectivity index (χ1) is 6.31. The van der Waals surface area contributed by atoms with Gasteiger partial charge in [0.2, 0.25) is 0 Å². The van der Waals surface area contributed by atoms with Gasteiger partial charge in [-0.25, -0.2) is 4.79 Å².